The van der Waals surface area contributed by atoms with Gasteiger partial charge in [0.05, 0.1) is 12.7 Å². The van der Waals surface area contributed by atoms with Crippen LogP contribution in [0.1, 0.15) is 29.3 Å². The van der Waals surface area contributed by atoms with Gasteiger partial charge in [-0.3, -0.25) is 9.59 Å². The Hall–Kier alpha value is -3.33. The number of hydrogen-bond acceptors (Lipinski definition) is 4. The Morgan fingerprint density at radius 1 is 1.08 bits per heavy atom. The molecule has 0 heterocycles. The summed E-state index contributed by atoms with van der Waals surface area (Å²) in [6.07, 6.45) is -0.157. The van der Waals surface area contributed by atoms with E-state index in [4.69, 9.17) is 10.00 Å². The Balaban J connectivity index is 1.90. The average molecular weight is 337 g/mol. The molecule has 0 unspecified atom stereocenters. The molecular formula is C19H19N3O3. The third-order valence-corrected chi connectivity index (χ3v) is 3.37. The zero-order chi connectivity index (χ0) is 18.1. The Morgan fingerprint density at radius 3 is 2.36 bits per heavy atom. The van der Waals surface area contributed by atoms with Crippen LogP contribution >= 0.6 is 0 Å². The molecule has 0 aromatic heterocycles. The molecule has 0 spiro atoms. The molecule has 2 aromatic rings. The highest BCUT2D eigenvalue weighted by atomic mass is 16.5. The van der Waals surface area contributed by atoms with Gasteiger partial charge < -0.3 is 15.4 Å². The van der Waals surface area contributed by atoms with Crippen molar-refractivity contribution in [3.05, 3.63) is 59.7 Å². The molecule has 0 aliphatic carbocycles. The number of carbonyl (C=O) groups is 2. The Kier molecular flexibility index (Phi) is 6.55. The van der Waals surface area contributed by atoms with Gasteiger partial charge in [0.2, 0.25) is 5.91 Å². The number of nitrogens with zero attached hydrogens (tertiary/aromatic N) is 1. The first-order valence-corrected chi connectivity index (χ1v) is 7.89. The summed E-state index contributed by atoms with van der Waals surface area (Å²) in [5, 5.41) is 13.9. The molecule has 0 bridgehead atoms. The quantitative estimate of drug-likeness (QED) is 0.813. The summed E-state index contributed by atoms with van der Waals surface area (Å²) < 4.78 is 5.35. The molecule has 2 amide bonds. The highest BCUT2D eigenvalue weighted by molar-refractivity contribution is 6.04. The van der Waals surface area contributed by atoms with Crippen LogP contribution in [-0.4, -0.2) is 18.4 Å². The van der Waals surface area contributed by atoms with Gasteiger partial charge in [0.25, 0.3) is 5.91 Å². The normalized spacial score (nSPS) is 9.76. The molecule has 0 saturated carbocycles. The van der Waals surface area contributed by atoms with Crippen molar-refractivity contribution in [2.24, 2.45) is 0 Å². The summed E-state index contributed by atoms with van der Waals surface area (Å²) in [6, 6.07) is 15.9. The summed E-state index contributed by atoms with van der Waals surface area (Å²) in [5.41, 5.74) is 2.08. The van der Waals surface area contributed by atoms with Crippen LogP contribution in [0, 0.1) is 11.3 Å². The van der Waals surface area contributed by atoms with Gasteiger partial charge in [-0.05, 0) is 48.9 Å². The van der Waals surface area contributed by atoms with Crippen LogP contribution in [0.5, 0.6) is 5.75 Å². The minimum absolute atomic E-state index is 0.157. The summed E-state index contributed by atoms with van der Waals surface area (Å²) in [4.78, 5) is 23.5. The lowest BCUT2D eigenvalue weighted by Crippen LogP contribution is -2.21. The second-order valence-corrected chi connectivity index (χ2v) is 5.22. The third kappa shape index (κ3) is 5.66. The number of carbonyl (C=O) groups excluding carboxylic acids is 2. The van der Waals surface area contributed by atoms with E-state index >= 15 is 0 Å². The zero-order valence-electron chi connectivity index (χ0n) is 13.9. The van der Waals surface area contributed by atoms with E-state index in [-0.39, 0.29) is 18.2 Å². The number of hydrogen-bond donors (Lipinski definition) is 2. The number of benzene rings is 2. The second-order valence-electron chi connectivity index (χ2n) is 5.22. The fraction of sp³-hybridized carbons (Fsp3) is 0.211. The molecule has 0 aliphatic rings. The highest BCUT2D eigenvalue weighted by Crippen LogP contribution is 2.15. The Bertz CT molecular complexity index is 762. The molecule has 2 rings (SSSR count). The first-order chi connectivity index (χ1) is 12.1. The second kappa shape index (κ2) is 9.08. The number of rotatable bonds is 7. The maximum atomic E-state index is 12.2. The van der Waals surface area contributed by atoms with Gasteiger partial charge in [0.15, 0.2) is 0 Å². The van der Waals surface area contributed by atoms with Crippen LogP contribution in [-0.2, 0) is 11.3 Å². The predicted molar refractivity (Wildman–Crippen MR) is 94.1 cm³/mol. The van der Waals surface area contributed by atoms with E-state index in [0.717, 1.165) is 11.3 Å². The zero-order valence-corrected chi connectivity index (χ0v) is 13.9. The van der Waals surface area contributed by atoms with Crippen molar-refractivity contribution >= 4 is 17.5 Å². The lowest BCUT2D eigenvalue weighted by Gasteiger charge is -2.08. The van der Waals surface area contributed by atoms with Gasteiger partial charge in [-0.15, -0.1) is 0 Å². The van der Waals surface area contributed by atoms with Crippen molar-refractivity contribution in [3.8, 4) is 11.8 Å². The van der Waals surface area contributed by atoms with Crippen LogP contribution < -0.4 is 15.4 Å². The van der Waals surface area contributed by atoms with Gasteiger partial charge in [0, 0.05) is 17.8 Å². The third-order valence-electron chi connectivity index (χ3n) is 3.37. The molecule has 0 aliphatic heterocycles. The van der Waals surface area contributed by atoms with Crippen molar-refractivity contribution in [2.45, 2.75) is 19.9 Å². The number of amides is 2. The highest BCUT2D eigenvalue weighted by Gasteiger charge is 2.07. The van der Waals surface area contributed by atoms with Crippen molar-refractivity contribution in [1.29, 1.82) is 5.26 Å². The minimum atomic E-state index is -0.310. The van der Waals surface area contributed by atoms with Gasteiger partial charge >= 0.3 is 0 Å². The van der Waals surface area contributed by atoms with E-state index in [1.54, 1.807) is 54.6 Å². The van der Waals surface area contributed by atoms with Crippen LogP contribution in [0.2, 0.25) is 0 Å². The number of anilines is 1. The standard InChI is InChI=1S/C19H19N3O3/c1-2-25-17-9-5-15(6-10-17)19(24)22-16-7-3-14(4-8-16)13-21-18(23)11-12-20/h3-10H,2,11,13H2,1H3,(H,21,23)(H,22,24). The van der Waals surface area contributed by atoms with Gasteiger partial charge in [-0.1, -0.05) is 12.1 Å². The van der Waals surface area contributed by atoms with Gasteiger partial charge in [0.1, 0.15) is 12.2 Å². The molecule has 0 atom stereocenters. The number of nitrogens with one attached hydrogen (secondary N) is 2. The maximum absolute atomic E-state index is 12.2. The van der Waals surface area contributed by atoms with E-state index in [9.17, 15) is 9.59 Å². The molecule has 2 aromatic carbocycles. The van der Waals surface area contributed by atoms with Crippen LogP contribution in [0.3, 0.4) is 0 Å². The molecule has 128 valence electrons. The van der Waals surface area contributed by atoms with E-state index in [1.165, 1.54) is 0 Å². The van der Waals surface area contributed by atoms with Crippen molar-refractivity contribution in [2.75, 3.05) is 11.9 Å². The smallest absolute Gasteiger partial charge is 0.255 e. The molecule has 6 heteroatoms. The van der Waals surface area contributed by atoms with Crippen molar-refractivity contribution in [3.63, 3.8) is 0 Å². The molecule has 25 heavy (non-hydrogen) atoms. The molecule has 6 nitrogen and oxygen atoms in total. The first kappa shape index (κ1) is 18.0. The van der Waals surface area contributed by atoms with Crippen LogP contribution in [0.25, 0.3) is 0 Å². The van der Waals surface area contributed by atoms with Crippen molar-refractivity contribution < 1.29 is 14.3 Å². The number of nitriles is 1. The van der Waals surface area contributed by atoms with Gasteiger partial charge in [-0.2, -0.15) is 5.26 Å². The molecular weight excluding hydrogens is 318 g/mol. The largest absolute Gasteiger partial charge is 0.494 e. The topological polar surface area (TPSA) is 91.2 Å². The average Bonchev–Trinajstić information content (AvgIpc) is 2.62. The molecule has 0 saturated heterocycles. The van der Waals surface area contributed by atoms with Gasteiger partial charge in [-0.25, -0.2) is 0 Å². The summed E-state index contributed by atoms with van der Waals surface area (Å²) in [5.74, 6) is 0.204. The lowest BCUT2D eigenvalue weighted by atomic mass is 10.1. The van der Waals surface area contributed by atoms with E-state index in [0.29, 0.717) is 24.4 Å². The van der Waals surface area contributed by atoms with E-state index < -0.39 is 0 Å². The molecule has 0 fully saturated rings. The SMILES string of the molecule is CCOc1ccc(C(=O)Nc2ccc(CNC(=O)CC#N)cc2)cc1. The minimum Gasteiger partial charge on any atom is -0.494 e. The van der Waals surface area contributed by atoms with E-state index in [1.807, 2.05) is 6.92 Å². The van der Waals surface area contributed by atoms with Crippen LogP contribution in [0.4, 0.5) is 5.69 Å². The maximum Gasteiger partial charge on any atom is 0.255 e. The lowest BCUT2D eigenvalue weighted by molar-refractivity contribution is -0.120. The van der Waals surface area contributed by atoms with Crippen LogP contribution in [0.15, 0.2) is 48.5 Å². The number of ether oxygens (including phenoxy) is 1. The Labute approximate surface area is 146 Å². The molecule has 0 radical (unpaired) electrons. The Morgan fingerprint density at radius 2 is 1.76 bits per heavy atom. The first-order valence-electron chi connectivity index (χ1n) is 7.89. The fourth-order valence-electron chi connectivity index (χ4n) is 2.11. The summed E-state index contributed by atoms with van der Waals surface area (Å²) in [6.45, 7) is 2.82. The van der Waals surface area contributed by atoms with Crippen molar-refractivity contribution in [1.82, 2.24) is 5.32 Å². The van der Waals surface area contributed by atoms with E-state index in [2.05, 4.69) is 10.6 Å². The summed E-state index contributed by atoms with van der Waals surface area (Å²) in [7, 11) is 0. The summed E-state index contributed by atoms with van der Waals surface area (Å²) >= 11 is 0. The molecule has 2 N–H and O–H groups in total. The monoisotopic (exact) mass is 337 g/mol. The predicted octanol–water partition coefficient (Wildman–Crippen LogP) is 2.87. The fourth-order valence-corrected chi connectivity index (χ4v) is 2.11.